The fourth-order valence-electron chi connectivity index (χ4n) is 2.27. The number of nitrogens with zero attached hydrogens (tertiary/aromatic N) is 1. The topological polar surface area (TPSA) is 77.0 Å². The predicted octanol–water partition coefficient (Wildman–Crippen LogP) is 3.66. The summed E-state index contributed by atoms with van der Waals surface area (Å²) in [5, 5.41) is 3.11. The number of carbonyl (C=O) groups is 2. The van der Waals surface area contributed by atoms with Gasteiger partial charge in [-0.25, -0.2) is 14.2 Å². The summed E-state index contributed by atoms with van der Waals surface area (Å²) >= 11 is 1.20. The van der Waals surface area contributed by atoms with Crippen molar-refractivity contribution in [3.63, 3.8) is 0 Å². The Balaban J connectivity index is 1.64. The van der Waals surface area contributed by atoms with Crippen LogP contribution in [-0.4, -0.2) is 30.3 Å². The summed E-state index contributed by atoms with van der Waals surface area (Å²) in [5.41, 5.74) is 1.35. The molecule has 2 aromatic rings. The van der Waals surface area contributed by atoms with Gasteiger partial charge in [0.05, 0.1) is 17.2 Å². The minimum atomic E-state index is -0.430. The van der Waals surface area contributed by atoms with Crippen LogP contribution in [0, 0.1) is 5.82 Å². The third kappa shape index (κ3) is 5.43. The summed E-state index contributed by atoms with van der Waals surface area (Å²) in [6, 6.07) is 12.6. The molecule has 0 radical (unpaired) electrons. The first-order valence-corrected chi connectivity index (χ1v) is 9.29. The average Bonchev–Trinajstić information content (AvgIpc) is 3.02. The summed E-state index contributed by atoms with van der Waals surface area (Å²) in [7, 11) is 0. The van der Waals surface area contributed by atoms with Gasteiger partial charge in [0.2, 0.25) is 0 Å². The van der Waals surface area contributed by atoms with Crippen molar-refractivity contribution >= 4 is 40.6 Å². The molecule has 1 saturated heterocycles. The molecular formula is C20H17FN2O4S. The lowest BCUT2D eigenvalue weighted by Crippen LogP contribution is -2.19. The molecular weight excluding hydrogens is 383 g/mol. The molecule has 28 heavy (non-hydrogen) atoms. The first kappa shape index (κ1) is 19.6. The molecule has 0 atom stereocenters. The van der Waals surface area contributed by atoms with Gasteiger partial charge in [0.25, 0.3) is 5.91 Å². The number of amidine groups is 1. The molecule has 1 amide bonds. The highest BCUT2D eigenvalue weighted by molar-refractivity contribution is 8.18. The maximum absolute atomic E-state index is 13.0. The first-order valence-electron chi connectivity index (χ1n) is 8.47. The van der Waals surface area contributed by atoms with E-state index in [9.17, 15) is 14.0 Å². The predicted molar refractivity (Wildman–Crippen MR) is 106 cm³/mol. The fourth-order valence-corrected chi connectivity index (χ4v) is 3.11. The quantitative estimate of drug-likeness (QED) is 0.592. The summed E-state index contributed by atoms with van der Waals surface area (Å²) in [5.74, 6) is -0.506. The second-order valence-corrected chi connectivity index (χ2v) is 6.65. The lowest BCUT2D eigenvalue weighted by Gasteiger charge is -2.05. The molecule has 0 spiro atoms. The van der Waals surface area contributed by atoms with Crippen LogP contribution in [0.3, 0.4) is 0 Å². The normalized spacial score (nSPS) is 16.3. The molecule has 0 saturated carbocycles. The van der Waals surface area contributed by atoms with Gasteiger partial charge >= 0.3 is 5.97 Å². The Hall–Kier alpha value is -3.13. The highest BCUT2D eigenvalue weighted by Gasteiger charge is 2.23. The van der Waals surface area contributed by atoms with Gasteiger partial charge < -0.3 is 14.8 Å². The first-order chi connectivity index (χ1) is 13.5. The van der Waals surface area contributed by atoms with E-state index < -0.39 is 5.97 Å². The summed E-state index contributed by atoms with van der Waals surface area (Å²) in [6.07, 6.45) is 1.72. The van der Waals surface area contributed by atoms with E-state index >= 15 is 0 Å². The van der Waals surface area contributed by atoms with Gasteiger partial charge in [-0.3, -0.25) is 4.79 Å². The number of amides is 1. The van der Waals surface area contributed by atoms with Gasteiger partial charge in [-0.1, -0.05) is 12.1 Å². The molecule has 1 aliphatic heterocycles. The van der Waals surface area contributed by atoms with Crippen LogP contribution < -0.4 is 10.1 Å². The van der Waals surface area contributed by atoms with E-state index in [0.717, 1.165) is 5.56 Å². The molecule has 6 nitrogen and oxygen atoms in total. The maximum Gasteiger partial charge on any atom is 0.344 e. The number of hydrogen-bond donors (Lipinski definition) is 1. The van der Waals surface area contributed by atoms with Gasteiger partial charge in [0.1, 0.15) is 11.6 Å². The van der Waals surface area contributed by atoms with Crippen molar-refractivity contribution in [2.45, 2.75) is 6.92 Å². The van der Waals surface area contributed by atoms with Gasteiger partial charge in [0, 0.05) is 0 Å². The largest absolute Gasteiger partial charge is 0.482 e. The molecule has 1 fully saturated rings. The van der Waals surface area contributed by atoms with Crippen LogP contribution >= 0.6 is 11.8 Å². The van der Waals surface area contributed by atoms with Crippen LogP contribution in [-0.2, 0) is 14.3 Å². The van der Waals surface area contributed by atoms with Crippen molar-refractivity contribution in [3.05, 3.63) is 64.8 Å². The lowest BCUT2D eigenvalue weighted by molar-refractivity contribution is -0.145. The molecule has 1 N–H and O–H groups in total. The Morgan fingerprint density at radius 2 is 1.89 bits per heavy atom. The van der Waals surface area contributed by atoms with Crippen molar-refractivity contribution in [3.8, 4) is 5.75 Å². The zero-order chi connectivity index (χ0) is 19.9. The molecule has 0 bridgehead atoms. The number of thioether (sulfide) groups is 1. The van der Waals surface area contributed by atoms with Crippen LogP contribution in [0.1, 0.15) is 12.5 Å². The Labute approximate surface area is 165 Å². The van der Waals surface area contributed by atoms with Crippen LogP contribution in [0.15, 0.2) is 58.4 Å². The number of carbonyl (C=O) groups excluding carboxylic acids is 2. The molecule has 8 heteroatoms. The standard InChI is InChI=1S/C20H17FN2O4S/c1-2-26-18(24)12-27-16-9-3-13(4-10-16)11-17-19(25)23-20(28-17)22-15-7-5-14(21)6-8-15/h3-11H,2,12H2,1H3,(H,22,23,25)/b17-11+. The third-order valence-electron chi connectivity index (χ3n) is 3.55. The number of esters is 1. The van der Waals surface area contributed by atoms with Crippen molar-refractivity contribution < 1.29 is 23.5 Å². The van der Waals surface area contributed by atoms with Gasteiger partial charge in [-0.2, -0.15) is 0 Å². The highest BCUT2D eigenvalue weighted by atomic mass is 32.2. The molecule has 1 aliphatic rings. The van der Waals surface area contributed by atoms with Gasteiger partial charge in [-0.05, 0) is 66.7 Å². The smallest absolute Gasteiger partial charge is 0.344 e. The van der Waals surface area contributed by atoms with E-state index in [2.05, 4.69) is 10.3 Å². The van der Waals surface area contributed by atoms with E-state index in [1.165, 1.54) is 36.0 Å². The van der Waals surface area contributed by atoms with Crippen LogP contribution in [0.4, 0.5) is 10.1 Å². The number of rotatable bonds is 6. The van der Waals surface area contributed by atoms with Crippen LogP contribution in [0.25, 0.3) is 6.08 Å². The van der Waals surface area contributed by atoms with E-state index in [1.807, 2.05) is 0 Å². The van der Waals surface area contributed by atoms with Gasteiger partial charge in [-0.15, -0.1) is 0 Å². The Bertz CT molecular complexity index is 924. The van der Waals surface area contributed by atoms with Gasteiger partial charge in [0.15, 0.2) is 11.8 Å². The molecule has 0 aliphatic carbocycles. The highest BCUT2D eigenvalue weighted by Crippen LogP contribution is 2.28. The Morgan fingerprint density at radius 1 is 1.18 bits per heavy atom. The number of nitrogens with one attached hydrogen (secondary N) is 1. The summed E-state index contributed by atoms with van der Waals surface area (Å²) in [4.78, 5) is 28.2. The SMILES string of the molecule is CCOC(=O)COc1ccc(/C=C2/SC(=Nc3ccc(F)cc3)NC2=O)cc1. The monoisotopic (exact) mass is 400 g/mol. The molecule has 2 aromatic carbocycles. The molecule has 0 aromatic heterocycles. The van der Waals surface area contributed by atoms with E-state index in [0.29, 0.717) is 28.1 Å². The van der Waals surface area contributed by atoms with Crippen molar-refractivity contribution in [2.75, 3.05) is 13.2 Å². The van der Waals surface area contributed by atoms with E-state index in [4.69, 9.17) is 9.47 Å². The molecule has 1 heterocycles. The molecule has 3 rings (SSSR count). The average molecular weight is 400 g/mol. The Kier molecular flexibility index (Phi) is 6.44. The summed E-state index contributed by atoms with van der Waals surface area (Å²) < 4.78 is 23.1. The number of hydrogen-bond acceptors (Lipinski definition) is 6. The van der Waals surface area contributed by atoms with Crippen molar-refractivity contribution in [1.29, 1.82) is 0 Å². The molecule has 0 unspecified atom stereocenters. The zero-order valence-electron chi connectivity index (χ0n) is 15.0. The molecule has 144 valence electrons. The van der Waals surface area contributed by atoms with Crippen LogP contribution in [0.5, 0.6) is 5.75 Å². The van der Waals surface area contributed by atoms with Crippen molar-refractivity contribution in [2.24, 2.45) is 4.99 Å². The van der Waals surface area contributed by atoms with E-state index in [1.54, 1.807) is 37.3 Å². The fraction of sp³-hybridized carbons (Fsp3) is 0.150. The number of ether oxygens (including phenoxy) is 2. The second-order valence-electron chi connectivity index (χ2n) is 5.62. The number of benzene rings is 2. The van der Waals surface area contributed by atoms with Crippen molar-refractivity contribution in [1.82, 2.24) is 5.32 Å². The minimum Gasteiger partial charge on any atom is -0.482 e. The van der Waals surface area contributed by atoms with Crippen LogP contribution in [0.2, 0.25) is 0 Å². The summed E-state index contributed by atoms with van der Waals surface area (Å²) in [6.45, 7) is 1.88. The second kappa shape index (κ2) is 9.18. The Morgan fingerprint density at radius 3 is 2.57 bits per heavy atom. The number of aliphatic imine (C=N–C) groups is 1. The maximum atomic E-state index is 13.0. The van der Waals surface area contributed by atoms with E-state index in [-0.39, 0.29) is 18.3 Å². The number of halogens is 1. The minimum absolute atomic E-state index is 0.157. The lowest BCUT2D eigenvalue weighted by atomic mass is 10.2. The zero-order valence-corrected chi connectivity index (χ0v) is 15.8. The third-order valence-corrected chi connectivity index (χ3v) is 4.46.